The van der Waals surface area contributed by atoms with Crippen LogP contribution in [-0.2, 0) is 0 Å². The summed E-state index contributed by atoms with van der Waals surface area (Å²) in [5.41, 5.74) is 1.38. The average Bonchev–Trinajstić information content (AvgIpc) is 2.78. The van der Waals surface area contributed by atoms with Gasteiger partial charge in [0.2, 0.25) is 0 Å². The quantitative estimate of drug-likeness (QED) is 0.601. The van der Waals surface area contributed by atoms with Gasteiger partial charge >= 0.3 is 0 Å². The van der Waals surface area contributed by atoms with E-state index in [9.17, 15) is 0 Å². The van der Waals surface area contributed by atoms with Gasteiger partial charge in [0.25, 0.3) is 0 Å². The summed E-state index contributed by atoms with van der Waals surface area (Å²) in [7, 11) is 0. The molecule has 1 aromatic heterocycles. The van der Waals surface area contributed by atoms with E-state index in [1.165, 1.54) is 10.4 Å². The lowest BCUT2D eigenvalue weighted by molar-refractivity contribution is 0.661. The van der Waals surface area contributed by atoms with E-state index in [1.54, 1.807) is 11.3 Å². The second-order valence-electron chi connectivity index (χ2n) is 3.97. The van der Waals surface area contributed by atoms with Crippen molar-refractivity contribution in [3.8, 4) is 0 Å². The predicted molar refractivity (Wildman–Crippen MR) is 80.5 cm³/mol. The Morgan fingerprint density at radius 2 is 1.88 bits per heavy atom. The summed E-state index contributed by atoms with van der Waals surface area (Å²) in [5.74, 6) is 0.492. The summed E-state index contributed by atoms with van der Waals surface area (Å²) >= 11 is 11.5. The zero-order chi connectivity index (χ0) is 12.3. The molecule has 3 heteroatoms. The fourth-order valence-electron chi connectivity index (χ4n) is 1.99. The van der Waals surface area contributed by atoms with E-state index in [1.807, 2.05) is 6.07 Å². The third kappa shape index (κ3) is 3.12. The monoisotopic (exact) mass is 328 g/mol. The van der Waals surface area contributed by atoms with Crippen molar-refractivity contribution < 1.29 is 0 Å². The zero-order valence-corrected chi connectivity index (χ0v) is 12.7. The fraction of sp³-hybridized carbons (Fsp3) is 0.286. The van der Waals surface area contributed by atoms with Crippen LogP contribution in [-0.4, -0.2) is 0 Å². The van der Waals surface area contributed by atoms with Gasteiger partial charge in [-0.05, 0) is 24.1 Å². The van der Waals surface area contributed by atoms with Gasteiger partial charge < -0.3 is 0 Å². The fourth-order valence-corrected chi connectivity index (χ4v) is 4.20. The van der Waals surface area contributed by atoms with Crippen LogP contribution in [0.15, 0.2) is 42.5 Å². The molecule has 1 heterocycles. The highest BCUT2D eigenvalue weighted by atomic mass is 79.9. The highest BCUT2D eigenvalue weighted by Crippen LogP contribution is 2.43. The molecule has 0 nitrogen and oxygen atoms in total. The molecule has 0 bridgehead atoms. The van der Waals surface area contributed by atoms with Crippen molar-refractivity contribution >= 4 is 38.9 Å². The lowest BCUT2D eigenvalue weighted by Gasteiger charge is -2.20. The third-order valence-electron chi connectivity index (χ3n) is 2.89. The first kappa shape index (κ1) is 13.1. The summed E-state index contributed by atoms with van der Waals surface area (Å²) in [6.45, 7) is 2.22. The van der Waals surface area contributed by atoms with E-state index in [0.29, 0.717) is 10.7 Å². The van der Waals surface area contributed by atoms with Crippen LogP contribution in [0, 0.1) is 0 Å². The molecule has 0 aliphatic carbocycles. The Morgan fingerprint density at radius 3 is 2.41 bits per heavy atom. The van der Waals surface area contributed by atoms with Gasteiger partial charge in [0.05, 0.1) is 9.16 Å². The minimum absolute atomic E-state index is 0.340. The van der Waals surface area contributed by atoms with Crippen molar-refractivity contribution in [1.82, 2.24) is 0 Å². The molecular formula is C14H14BrClS. The molecule has 90 valence electrons. The second-order valence-corrected chi connectivity index (χ2v) is 6.70. The lowest BCUT2D eigenvalue weighted by atomic mass is 9.92. The van der Waals surface area contributed by atoms with Crippen LogP contribution < -0.4 is 0 Å². The van der Waals surface area contributed by atoms with Crippen molar-refractivity contribution in [2.45, 2.75) is 24.1 Å². The minimum atomic E-state index is 0.340. The van der Waals surface area contributed by atoms with Crippen molar-refractivity contribution in [1.29, 1.82) is 0 Å². The van der Waals surface area contributed by atoms with Crippen LogP contribution >= 0.6 is 38.9 Å². The van der Waals surface area contributed by atoms with Gasteiger partial charge in [-0.15, -0.1) is 11.3 Å². The summed E-state index contributed by atoms with van der Waals surface area (Å²) in [5, 5.41) is 0. The Kier molecular flexibility index (Phi) is 4.66. The molecule has 0 spiro atoms. The SMILES string of the molecule is CCC(c1ccccc1)C(Br)c1ccc(Cl)s1. The summed E-state index contributed by atoms with van der Waals surface area (Å²) in [6, 6.07) is 14.7. The van der Waals surface area contributed by atoms with Crippen LogP contribution in [0.3, 0.4) is 0 Å². The van der Waals surface area contributed by atoms with Gasteiger partial charge in [-0.2, -0.15) is 0 Å². The van der Waals surface area contributed by atoms with E-state index < -0.39 is 0 Å². The average molecular weight is 330 g/mol. The van der Waals surface area contributed by atoms with E-state index in [-0.39, 0.29) is 0 Å². The maximum atomic E-state index is 6.00. The number of thiophene rings is 1. The Balaban J connectivity index is 2.25. The van der Waals surface area contributed by atoms with E-state index >= 15 is 0 Å². The van der Waals surface area contributed by atoms with Crippen LogP contribution in [0.25, 0.3) is 0 Å². The number of alkyl halides is 1. The van der Waals surface area contributed by atoms with Crippen molar-refractivity contribution in [3.63, 3.8) is 0 Å². The molecule has 0 N–H and O–H groups in total. The normalized spacial score (nSPS) is 14.5. The summed E-state index contributed by atoms with van der Waals surface area (Å²) < 4.78 is 0.854. The molecule has 1 aromatic carbocycles. The van der Waals surface area contributed by atoms with E-state index in [2.05, 4.69) is 59.3 Å². The van der Waals surface area contributed by atoms with Crippen LogP contribution in [0.4, 0.5) is 0 Å². The molecule has 0 amide bonds. The van der Waals surface area contributed by atoms with Gasteiger partial charge in [-0.1, -0.05) is 64.8 Å². The zero-order valence-electron chi connectivity index (χ0n) is 9.57. The van der Waals surface area contributed by atoms with Gasteiger partial charge in [-0.25, -0.2) is 0 Å². The standard InChI is InChI=1S/C14H14BrClS/c1-2-11(10-6-4-3-5-7-10)14(15)12-8-9-13(16)17-12/h3-9,11,14H,2H2,1H3. The Morgan fingerprint density at radius 1 is 1.18 bits per heavy atom. The van der Waals surface area contributed by atoms with Gasteiger partial charge in [0, 0.05) is 10.8 Å². The maximum Gasteiger partial charge on any atom is 0.0931 e. The Bertz CT molecular complexity index is 466. The van der Waals surface area contributed by atoms with Crippen molar-refractivity contribution in [2.75, 3.05) is 0 Å². The molecule has 17 heavy (non-hydrogen) atoms. The molecule has 0 aliphatic heterocycles. The molecular weight excluding hydrogens is 316 g/mol. The van der Waals surface area contributed by atoms with Gasteiger partial charge in [-0.3, -0.25) is 0 Å². The van der Waals surface area contributed by atoms with Crippen molar-refractivity contribution in [3.05, 3.63) is 57.2 Å². The van der Waals surface area contributed by atoms with Gasteiger partial charge in [0.15, 0.2) is 0 Å². The van der Waals surface area contributed by atoms with Gasteiger partial charge in [0.1, 0.15) is 0 Å². The predicted octanol–water partition coefficient (Wildman–Crippen LogP) is 6.03. The molecule has 2 rings (SSSR count). The van der Waals surface area contributed by atoms with Crippen LogP contribution in [0.2, 0.25) is 4.34 Å². The Hall–Kier alpha value is -0.310. The molecule has 2 atom stereocenters. The van der Waals surface area contributed by atoms with E-state index in [4.69, 9.17) is 11.6 Å². The lowest BCUT2D eigenvalue weighted by Crippen LogP contribution is -2.03. The molecule has 2 unspecified atom stereocenters. The first-order chi connectivity index (χ1) is 8.22. The smallest absolute Gasteiger partial charge is 0.0931 e. The maximum absolute atomic E-state index is 6.00. The number of hydrogen-bond acceptors (Lipinski definition) is 1. The number of rotatable bonds is 4. The first-order valence-corrected chi connectivity index (χ1v) is 7.77. The second kappa shape index (κ2) is 6.03. The number of benzene rings is 1. The minimum Gasteiger partial charge on any atom is -0.127 e. The molecule has 0 radical (unpaired) electrons. The highest BCUT2D eigenvalue weighted by Gasteiger charge is 2.21. The molecule has 2 aromatic rings. The van der Waals surface area contributed by atoms with Crippen LogP contribution in [0.1, 0.15) is 34.5 Å². The van der Waals surface area contributed by atoms with Crippen LogP contribution in [0.5, 0.6) is 0 Å². The largest absolute Gasteiger partial charge is 0.127 e. The molecule has 0 saturated carbocycles. The summed E-state index contributed by atoms with van der Waals surface area (Å²) in [4.78, 5) is 1.64. The van der Waals surface area contributed by atoms with E-state index in [0.717, 1.165) is 10.8 Å². The first-order valence-electron chi connectivity index (χ1n) is 5.66. The third-order valence-corrected chi connectivity index (χ3v) is 5.64. The number of halogens is 2. The molecule has 0 fully saturated rings. The van der Waals surface area contributed by atoms with Crippen molar-refractivity contribution in [2.24, 2.45) is 0 Å². The molecule has 0 aliphatic rings. The topological polar surface area (TPSA) is 0 Å². The summed E-state index contributed by atoms with van der Waals surface area (Å²) in [6.07, 6.45) is 1.11. The number of hydrogen-bond donors (Lipinski definition) is 0. The Labute approximate surface area is 120 Å². The highest BCUT2D eigenvalue weighted by molar-refractivity contribution is 9.09. The molecule has 0 saturated heterocycles.